The summed E-state index contributed by atoms with van der Waals surface area (Å²) in [6.45, 7) is 6.25. The number of carbonyl (C=O) groups excluding carboxylic acids is 2. The maximum Gasteiger partial charge on any atom is 0.270 e. The summed E-state index contributed by atoms with van der Waals surface area (Å²) in [5, 5.41) is 13.7. The number of rotatable bonds is 4. The highest BCUT2D eigenvalue weighted by Gasteiger charge is 2.36. The molecule has 2 aromatic rings. The molecule has 1 saturated heterocycles. The van der Waals surface area contributed by atoms with Crippen molar-refractivity contribution in [1.29, 1.82) is 0 Å². The van der Waals surface area contributed by atoms with E-state index in [1.54, 1.807) is 11.0 Å². The van der Waals surface area contributed by atoms with Gasteiger partial charge >= 0.3 is 0 Å². The number of aliphatic hydroxyl groups is 1. The molecule has 5 nitrogen and oxygen atoms in total. The van der Waals surface area contributed by atoms with Crippen LogP contribution in [0.5, 0.6) is 0 Å². The zero-order valence-electron chi connectivity index (χ0n) is 17.2. The van der Waals surface area contributed by atoms with Gasteiger partial charge in [0.2, 0.25) is 5.91 Å². The largest absolute Gasteiger partial charge is 0.385 e. The van der Waals surface area contributed by atoms with E-state index in [-0.39, 0.29) is 17.5 Å². The molecule has 1 heterocycles. The second-order valence-electron chi connectivity index (χ2n) is 7.84. The van der Waals surface area contributed by atoms with Crippen LogP contribution in [0.4, 0.5) is 0 Å². The molecule has 0 radical (unpaired) electrons. The molecule has 0 aliphatic carbocycles. The molecular formula is C24H28N2O3. The van der Waals surface area contributed by atoms with Gasteiger partial charge in [0.05, 0.1) is 5.60 Å². The number of amides is 2. The lowest BCUT2D eigenvalue weighted by Gasteiger charge is -2.38. The van der Waals surface area contributed by atoms with Crippen molar-refractivity contribution >= 4 is 17.9 Å². The lowest BCUT2D eigenvalue weighted by atomic mass is 9.84. The van der Waals surface area contributed by atoms with E-state index in [9.17, 15) is 14.7 Å². The first-order valence-electron chi connectivity index (χ1n) is 9.92. The molecule has 2 amide bonds. The Morgan fingerprint density at radius 2 is 1.48 bits per heavy atom. The lowest BCUT2D eigenvalue weighted by Crippen LogP contribution is -2.47. The molecule has 2 aromatic carbocycles. The Balaban J connectivity index is 1.75. The maximum atomic E-state index is 13.1. The van der Waals surface area contributed by atoms with E-state index in [0.717, 1.165) is 22.3 Å². The number of aryl methyl sites for hydroxylation is 2. The van der Waals surface area contributed by atoms with Gasteiger partial charge in [-0.2, -0.15) is 0 Å². The van der Waals surface area contributed by atoms with E-state index in [1.165, 1.54) is 6.92 Å². The molecule has 0 aromatic heterocycles. The Morgan fingerprint density at radius 3 is 2.00 bits per heavy atom. The summed E-state index contributed by atoms with van der Waals surface area (Å²) >= 11 is 0. The molecule has 152 valence electrons. The van der Waals surface area contributed by atoms with Gasteiger partial charge in [-0.25, -0.2) is 0 Å². The highest BCUT2D eigenvalue weighted by atomic mass is 16.3. The van der Waals surface area contributed by atoms with Crippen LogP contribution in [-0.4, -0.2) is 34.9 Å². The Hall–Kier alpha value is -2.92. The number of likely N-dealkylation sites (tertiary alicyclic amines) is 1. The third kappa shape index (κ3) is 5.12. The molecule has 5 heteroatoms. The first kappa shape index (κ1) is 20.8. The lowest BCUT2D eigenvalue weighted by molar-refractivity contribution is -0.133. The average Bonchev–Trinajstić information content (AvgIpc) is 2.69. The van der Waals surface area contributed by atoms with Gasteiger partial charge in [0, 0.05) is 20.0 Å². The van der Waals surface area contributed by atoms with Gasteiger partial charge in [0.15, 0.2) is 0 Å². The summed E-state index contributed by atoms with van der Waals surface area (Å²) in [7, 11) is 0. The minimum absolute atomic E-state index is 0.230. The fourth-order valence-corrected chi connectivity index (χ4v) is 3.57. The fraction of sp³-hybridized carbons (Fsp3) is 0.333. The predicted octanol–water partition coefficient (Wildman–Crippen LogP) is 3.29. The van der Waals surface area contributed by atoms with Crippen molar-refractivity contribution in [2.75, 3.05) is 13.1 Å². The first-order chi connectivity index (χ1) is 13.8. The third-order valence-corrected chi connectivity index (χ3v) is 5.40. The quantitative estimate of drug-likeness (QED) is 0.785. The van der Waals surface area contributed by atoms with Crippen molar-refractivity contribution < 1.29 is 14.7 Å². The Labute approximate surface area is 172 Å². The second-order valence-corrected chi connectivity index (χ2v) is 7.84. The van der Waals surface area contributed by atoms with Crippen molar-refractivity contribution in [3.05, 3.63) is 76.5 Å². The number of nitrogens with one attached hydrogen (secondary N) is 1. The molecule has 0 unspecified atom stereocenters. The highest BCUT2D eigenvalue weighted by molar-refractivity contribution is 6.01. The van der Waals surface area contributed by atoms with Crippen LogP contribution in [0.25, 0.3) is 6.08 Å². The summed E-state index contributed by atoms with van der Waals surface area (Å²) in [4.78, 5) is 26.4. The molecule has 3 rings (SSSR count). The minimum atomic E-state index is -0.931. The van der Waals surface area contributed by atoms with E-state index >= 15 is 0 Å². The Kier molecular flexibility index (Phi) is 6.18. The Morgan fingerprint density at radius 1 is 0.966 bits per heavy atom. The minimum Gasteiger partial charge on any atom is -0.385 e. The van der Waals surface area contributed by atoms with Crippen molar-refractivity contribution in [2.45, 2.75) is 39.2 Å². The van der Waals surface area contributed by atoms with E-state index in [2.05, 4.69) is 5.32 Å². The van der Waals surface area contributed by atoms with Crippen LogP contribution in [-0.2, 0) is 15.2 Å². The zero-order valence-corrected chi connectivity index (χ0v) is 17.2. The average molecular weight is 392 g/mol. The second kappa shape index (κ2) is 8.62. The van der Waals surface area contributed by atoms with Gasteiger partial charge < -0.3 is 15.3 Å². The topological polar surface area (TPSA) is 69.6 Å². The number of piperidine rings is 1. The summed E-state index contributed by atoms with van der Waals surface area (Å²) in [5.41, 5.74) is 3.32. The molecule has 0 spiro atoms. The van der Waals surface area contributed by atoms with Crippen molar-refractivity contribution in [2.24, 2.45) is 0 Å². The molecule has 2 N–H and O–H groups in total. The molecule has 29 heavy (non-hydrogen) atoms. The monoisotopic (exact) mass is 392 g/mol. The smallest absolute Gasteiger partial charge is 0.270 e. The molecule has 1 fully saturated rings. The van der Waals surface area contributed by atoms with E-state index < -0.39 is 5.60 Å². The van der Waals surface area contributed by atoms with Crippen LogP contribution in [0.2, 0.25) is 0 Å². The molecule has 0 saturated carbocycles. The predicted molar refractivity (Wildman–Crippen MR) is 114 cm³/mol. The van der Waals surface area contributed by atoms with Crippen LogP contribution < -0.4 is 5.32 Å². The number of nitrogens with zero attached hydrogens (tertiary/aromatic N) is 1. The van der Waals surface area contributed by atoms with Crippen LogP contribution in [0.15, 0.2) is 54.2 Å². The summed E-state index contributed by atoms with van der Waals surface area (Å²) in [6, 6.07) is 15.6. The summed E-state index contributed by atoms with van der Waals surface area (Å²) in [5.74, 6) is -0.517. The van der Waals surface area contributed by atoms with Gasteiger partial charge in [-0.1, -0.05) is 59.7 Å². The van der Waals surface area contributed by atoms with Gasteiger partial charge in [0.1, 0.15) is 5.70 Å². The normalized spacial score (nSPS) is 16.4. The standard InChI is InChI=1S/C24H28N2O3/c1-17-4-8-20(9-5-17)16-22(25-19(3)27)23(28)26-14-12-24(29,13-15-26)21-10-6-18(2)7-11-21/h4-11,16,29H,12-15H2,1-3H3,(H,25,27)/b22-16-. The molecule has 0 bridgehead atoms. The molecule has 0 atom stereocenters. The van der Waals surface area contributed by atoms with Gasteiger partial charge in [-0.15, -0.1) is 0 Å². The summed E-state index contributed by atoms with van der Waals surface area (Å²) < 4.78 is 0. The highest BCUT2D eigenvalue weighted by Crippen LogP contribution is 2.33. The maximum absolute atomic E-state index is 13.1. The summed E-state index contributed by atoms with van der Waals surface area (Å²) in [6.07, 6.45) is 2.61. The van der Waals surface area contributed by atoms with Crippen molar-refractivity contribution in [1.82, 2.24) is 10.2 Å². The van der Waals surface area contributed by atoms with Crippen molar-refractivity contribution in [3.8, 4) is 0 Å². The van der Waals surface area contributed by atoms with Gasteiger partial charge in [-0.3, -0.25) is 9.59 Å². The van der Waals surface area contributed by atoms with Crippen LogP contribution >= 0.6 is 0 Å². The number of benzene rings is 2. The van der Waals surface area contributed by atoms with Gasteiger partial charge in [-0.05, 0) is 43.9 Å². The SMILES string of the molecule is CC(=O)N/C(=C\c1ccc(C)cc1)C(=O)N1CCC(O)(c2ccc(C)cc2)CC1. The number of carbonyl (C=O) groups is 2. The fourth-order valence-electron chi connectivity index (χ4n) is 3.57. The van der Waals surface area contributed by atoms with Crippen LogP contribution in [0, 0.1) is 13.8 Å². The molecular weight excluding hydrogens is 364 g/mol. The van der Waals surface area contributed by atoms with Crippen molar-refractivity contribution in [3.63, 3.8) is 0 Å². The molecule has 1 aliphatic heterocycles. The van der Waals surface area contributed by atoms with E-state index in [1.807, 2.05) is 62.4 Å². The zero-order chi connectivity index (χ0) is 21.0. The number of hydrogen-bond acceptors (Lipinski definition) is 3. The number of hydrogen-bond donors (Lipinski definition) is 2. The third-order valence-electron chi connectivity index (χ3n) is 5.40. The van der Waals surface area contributed by atoms with Crippen LogP contribution in [0.3, 0.4) is 0 Å². The van der Waals surface area contributed by atoms with E-state index in [4.69, 9.17) is 0 Å². The van der Waals surface area contributed by atoms with Gasteiger partial charge in [0.25, 0.3) is 5.91 Å². The Bertz CT molecular complexity index is 906. The first-order valence-corrected chi connectivity index (χ1v) is 9.92. The van der Waals surface area contributed by atoms with Crippen LogP contribution in [0.1, 0.15) is 42.0 Å². The molecule has 1 aliphatic rings. The van der Waals surface area contributed by atoms with E-state index in [0.29, 0.717) is 25.9 Å².